The predicted molar refractivity (Wildman–Crippen MR) is 126 cm³/mol. The lowest BCUT2D eigenvalue weighted by molar-refractivity contribution is -0.197. The summed E-state index contributed by atoms with van der Waals surface area (Å²) in [5, 5.41) is 4.37. The first-order chi connectivity index (χ1) is 15.5. The largest absolute Gasteiger partial charge is 0.459 e. The second-order valence-electron chi connectivity index (χ2n) is 9.78. The van der Waals surface area contributed by atoms with Gasteiger partial charge in [-0.15, -0.1) is 0 Å². The zero-order valence-corrected chi connectivity index (χ0v) is 19.8. The van der Waals surface area contributed by atoms with E-state index in [1.54, 1.807) is 31.1 Å². The molecule has 5 rings (SSSR count). The number of hydrogen-bond donors (Lipinski definition) is 1. The average molecular weight is 453 g/mol. The molecule has 1 N–H and O–H groups in total. The molecular formula is C25H32N4O2S. The van der Waals surface area contributed by atoms with Crippen molar-refractivity contribution in [2.24, 2.45) is 5.41 Å². The summed E-state index contributed by atoms with van der Waals surface area (Å²) in [6, 6.07) is 6.68. The van der Waals surface area contributed by atoms with Gasteiger partial charge in [0.15, 0.2) is 5.82 Å². The number of nitrogens with one attached hydrogen (secondary N) is 1. The number of carbonyl (C=O) groups excluding carboxylic acids is 1. The molecule has 1 aliphatic carbocycles. The minimum atomic E-state index is -0.189. The van der Waals surface area contributed by atoms with E-state index in [4.69, 9.17) is 4.74 Å². The fraction of sp³-hybridized carbons (Fsp3) is 0.560. The lowest BCUT2D eigenvalue weighted by Gasteiger charge is -2.58. The molecule has 170 valence electrons. The molecule has 1 spiro atoms. The molecule has 1 aromatic carbocycles. The van der Waals surface area contributed by atoms with Gasteiger partial charge in [0.1, 0.15) is 10.6 Å². The average Bonchev–Trinajstić information content (AvgIpc) is 2.76. The number of anilines is 2. The van der Waals surface area contributed by atoms with Crippen molar-refractivity contribution >= 4 is 29.2 Å². The van der Waals surface area contributed by atoms with Gasteiger partial charge in [-0.25, -0.2) is 9.97 Å². The predicted octanol–water partition coefficient (Wildman–Crippen LogP) is 5.55. The van der Waals surface area contributed by atoms with Crippen LogP contribution in [0, 0.1) is 5.41 Å². The van der Waals surface area contributed by atoms with Crippen LogP contribution in [-0.4, -0.2) is 39.5 Å². The number of carbonyl (C=O) groups is 1. The molecule has 1 saturated carbocycles. The Morgan fingerprint density at radius 2 is 2.00 bits per heavy atom. The first-order valence-corrected chi connectivity index (χ1v) is 12.6. The summed E-state index contributed by atoms with van der Waals surface area (Å²) < 4.78 is 5.83. The molecule has 2 aromatic rings. The molecule has 6 nitrogen and oxygen atoms in total. The molecule has 0 amide bonds. The van der Waals surface area contributed by atoms with Crippen LogP contribution >= 0.6 is 11.8 Å². The Labute approximate surface area is 194 Å². The fourth-order valence-corrected chi connectivity index (χ4v) is 6.67. The smallest absolute Gasteiger partial charge is 0.303 e. The van der Waals surface area contributed by atoms with Crippen LogP contribution in [0.2, 0.25) is 0 Å². The minimum Gasteiger partial charge on any atom is -0.459 e. The number of benzene rings is 1. The van der Waals surface area contributed by atoms with Crippen molar-refractivity contribution in [2.45, 2.75) is 80.9 Å². The van der Waals surface area contributed by atoms with Crippen LogP contribution in [-0.2, 0) is 16.1 Å². The van der Waals surface area contributed by atoms with Crippen molar-refractivity contribution < 1.29 is 9.53 Å². The van der Waals surface area contributed by atoms with Gasteiger partial charge in [-0.2, -0.15) is 0 Å². The molecule has 0 atom stereocenters. The Balaban J connectivity index is 1.17. The Morgan fingerprint density at radius 3 is 2.75 bits per heavy atom. The number of aromatic nitrogens is 2. The lowest BCUT2D eigenvalue weighted by Crippen LogP contribution is -2.57. The number of unbranched alkanes of at least 4 members (excludes halogenated alkanes) is 1. The van der Waals surface area contributed by atoms with E-state index in [1.807, 2.05) is 0 Å². The lowest BCUT2D eigenvalue weighted by atomic mass is 9.54. The number of rotatable bonds is 6. The van der Waals surface area contributed by atoms with Gasteiger partial charge < -0.3 is 10.1 Å². The molecule has 3 aliphatic rings. The maximum absolute atomic E-state index is 11.7. The number of esters is 1. The van der Waals surface area contributed by atoms with E-state index in [2.05, 4.69) is 45.3 Å². The number of piperidine rings is 1. The number of fused-ring (bicyclic) bond motifs is 2. The highest BCUT2D eigenvalue weighted by Crippen LogP contribution is 2.58. The van der Waals surface area contributed by atoms with E-state index in [-0.39, 0.29) is 11.6 Å². The van der Waals surface area contributed by atoms with Crippen molar-refractivity contribution in [1.82, 2.24) is 14.9 Å². The van der Waals surface area contributed by atoms with Gasteiger partial charge in [-0.05, 0) is 74.7 Å². The van der Waals surface area contributed by atoms with Crippen LogP contribution in [0.3, 0.4) is 0 Å². The number of nitrogens with zero attached hydrogens (tertiary/aromatic N) is 3. The van der Waals surface area contributed by atoms with Crippen molar-refractivity contribution in [3.63, 3.8) is 0 Å². The highest BCUT2D eigenvalue weighted by atomic mass is 32.2. The summed E-state index contributed by atoms with van der Waals surface area (Å²) in [4.78, 5) is 24.2. The van der Waals surface area contributed by atoms with E-state index in [9.17, 15) is 4.79 Å². The molecule has 1 saturated heterocycles. The van der Waals surface area contributed by atoms with E-state index >= 15 is 0 Å². The Morgan fingerprint density at radius 1 is 1.22 bits per heavy atom. The topological polar surface area (TPSA) is 67.3 Å². The second kappa shape index (κ2) is 8.67. The maximum Gasteiger partial charge on any atom is 0.303 e. The second-order valence-corrected chi connectivity index (χ2v) is 10.8. The molecule has 2 fully saturated rings. The van der Waals surface area contributed by atoms with E-state index in [1.165, 1.54) is 23.3 Å². The van der Waals surface area contributed by atoms with Crippen LogP contribution in [0.5, 0.6) is 0 Å². The quantitative estimate of drug-likeness (QED) is 0.492. The van der Waals surface area contributed by atoms with Crippen LogP contribution < -0.4 is 5.32 Å². The summed E-state index contributed by atoms with van der Waals surface area (Å²) in [5.74, 6) is 0.715. The molecule has 0 radical (unpaired) electrons. The van der Waals surface area contributed by atoms with Crippen molar-refractivity contribution in [2.75, 3.05) is 18.4 Å². The molecule has 7 heteroatoms. The third-order valence-corrected chi connectivity index (χ3v) is 8.30. The number of hydrogen-bond acceptors (Lipinski definition) is 7. The van der Waals surface area contributed by atoms with E-state index in [0.717, 1.165) is 68.3 Å². The summed E-state index contributed by atoms with van der Waals surface area (Å²) in [6.45, 7) is 6.94. The highest BCUT2D eigenvalue weighted by molar-refractivity contribution is 7.99. The molecule has 1 aromatic heterocycles. The zero-order chi connectivity index (χ0) is 22.2. The highest BCUT2D eigenvalue weighted by Gasteiger charge is 2.56. The van der Waals surface area contributed by atoms with E-state index in [0.29, 0.717) is 5.41 Å². The molecule has 32 heavy (non-hydrogen) atoms. The Kier molecular flexibility index (Phi) is 5.88. The fourth-order valence-electron chi connectivity index (χ4n) is 5.80. The zero-order valence-electron chi connectivity index (χ0n) is 19.0. The van der Waals surface area contributed by atoms with Crippen LogP contribution in [0.25, 0.3) is 0 Å². The van der Waals surface area contributed by atoms with Crippen molar-refractivity contribution in [3.8, 4) is 0 Å². The molecular weight excluding hydrogens is 420 g/mol. The van der Waals surface area contributed by atoms with Gasteiger partial charge in [-0.1, -0.05) is 31.2 Å². The SMILES string of the molecule is CCCCC1(OC(C)=O)CC2(CCN(Cc3ccc4c(c3)Nc3nccnc3S4)CC2)C1. The number of ether oxygens (including phenoxy) is 1. The molecule has 0 unspecified atom stereocenters. The maximum atomic E-state index is 11.7. The van der Waals surface area contributed by atoms with Gasteiger partial charge >= 0.3 is 5.97 Å². The monoisotopic (exact) mass is 452 g/mol. The van der Waals surface area contributed by atoms with Gasteiger partial charge in [-0.3, -0.25) is 9.69 Å². The van der Waals surface area contributed by atoms with Crippen molar-refractivity contribution in [3.05, 3.63) is 36.2 Å². The molecule has 3 heterocycles. The summed E-state index contributed by atoms with van der Waals surface area (Å²) >= 11 is 1.67. The van der Waals surface area contributed by atoms with Crippen LogP contribution in [0.15, 0.2) is 40.5 Å². The minimum absolute atomic E-state index is 0.124. The molecule has 0 bridgehead atoms. The van der Waals surface area contributed by atoms with Crippen LogP contribution in [0.1, 0.15) is 64.4 Å². The van der Waals surface area contributed by atoms with Gasteiger partial charge in [0.05, 0.1) is 5.69 Å². The Hall–Kier alpha value is -2.12. The van der Waals surface area contributed by atoms with Crippen LogP contribution in [0.4, 0.5) is 11.5 Å². The standard InChI is InChI=1S/C25H32N4O2S/c1-3-4-7-25(31-18(2)30)16-24(17-25)8-12-29(13-9-24)15-19-5-6-21-20(14-19)28-22-23(32-21)27-11-10-26-22/h5-6,10-11,14H,3-4,7-9,12-13,15-17H2,1-2H3,(H,26,28). The summed E-state index contributed by atoms with van der Waals surface area (Å²) in [5.41, 5.74) is 2.63. The molecule has 2 aliphatic heterocycles. The third-order valence-electron chi connectivity index (χ3n) is 7.23. The summed E-state index contributed by atoms with van der Waals surface area (Å²) in [7, 11) is 0. The Bertz CT molecular complexity index is 995. The third kappa shape index (κ3) is 4.37. The summed E-state index contributed by atoms with van der Waals surface area (Å²) in [6.07, 6.45) is 11.3. The van der Waals surface area contributed by atoms with E-state index < -0.39 is 0 Å². The van der Waals surface area contributed by atoms with Gasteiger partial charge in [0.2, 0.25) is 0 Å². The van der Waals surface area contributed by atoms with Gasteiger partial charge in [0, 0.05) is 30.8 Å². The normalized spacial score (nSPS) is 20.6. The van der Waals surface area contributed by atoms with Gasteiger partial charge in [0.25, 0.3) is 0 Å². The number of likely N-dealkylation sites (tertiary alicyclic amines) is 1. The van der Waals surface area contributed by atoms with Crippen molar-refractivity contribution in [1.29, 1.82) is 0 Å². The first-order valence-electron chi connectivity index (χ1n) is 11.8. The first kappa shape index (κ1) is 21.7.